The van der Waals surface area contributed by atoms with Crippen molar-refractivity contribution in [2.24, 2.45) is 0 Å². The second kappa shape index (κ2) is 8.37. The van der Waals surface area contributed by atoms with Gasteiger partial charge >= 0.3 is 0 Å². The number of nitrogens with zero attached hydrogens (tertiary/aromatic N) is 1. The standard InChI is InChI=1S/C26H24F2N2O2S/c1-16-11-18(33-15-16)14-29-25(32)23-7-4-10-30(23)24(31)13-17-8-9-20-19-5-2-3-6-21(19)26(27,28)22(20)12-17/h2-3,5-6,8-9,11-12,15,23H,4,7,10,13-14H2,1H3,(H,29,32). The SMILES string of the molecule is Cc1csc(CNC(=O)C2CCCN2C(=O)Cc2ccc3c(c2)C(F)(F)c2ccccc2-3)c1. The van der Waals surface area contributed by atoms with Gasteiger partial charge < -0.3 is 10.2 Å². The van der Waals surface area contributed by atoms with Gasteiger partial charge in [0.25, 0.3) is 5.92 Å². The highest BCUT2D eigenvalue weighted by atomic mass is 32.1. The highest BCUT2D eigenvalue weighted by Crippen LogP contribution is 2.51. The van der Waals surface area contributed by atoms with Gasteiger partial charge in [0.2, 0.25) is 11.8 Å². The molecular weight excluding hydrogens is 442 g/mol. The molecule has 1 aliphatic heterocycles. The minimum atomic E-state index is -3.08. The molecule has 1 atom stereocenters. The van der Waals surface area contributed by atoms with Gasteiger partial charge in [-0.3, -0.25) is 9.59 Å². The Kier molecular flexibility index (Phi) is 5.52. The first-order chi connectivity index (χ1) is 15.8. The molecule has 2 heterocycles. The lowest BCUT2D eigenvalue weighted by Crippen LogP contribution is -2.46. The number of hydrogen-bond acceptors (Lipinski definition) is 3. The maximum Gasteiger partial charge on any atom is 0.299 e. The van der Waals surface area contributed by atoms with E-state index >= 15 is 0 Å². The minimum Gasteiger partial charge on any atom is -0.349 e. The van der Waals surface area contributed by atoms with Crippen LogP contribution in [0, 0.1) is 6.92 Å². The predicted molar refractivity (Wildman–Crippen MR) is 124 cm³/mol. The Balaban J connectivity index is 1.28. The smallest absolute Gasteiger partial charge is 0.299 e. The van der Waals surface area contributed by atoms with Crippen molar-refractivity contribution in [1.82, 2.24) is 10.2 Å². The largest absolute Gasteiger partial charge is 0.349 e. The van der Waals surface area contributed by atoms with Crippen molar-refractivity contribution in [3.63, 3.8) is 0 Å². The first-order valence-electron chi connectivity index (χ1n) is 11.1. The molecule has 2 aromatic carbocycles. The molecule has 1 saturated heterocycles. The normalized spacial score (nSPS) is 18.2. The minimum absolute atomic E-state index is 0.000638. The zero-order valence-electron chi connectivity index (χ0n) is 18.2. The zero-order chi connectivity index (χ0) is 23.2. The number of alkyl halides is 2. The Labute approximate surface area is 195 Å². The molecule has 1 N–H and O–H groups in total. The summed E-state index contributed by atoms with van der Waals surface area (Å²) < 4.78 is 30.0. The molecular formula is C26H24F2N2O2S. The van der Waals surface area contributed by atoms with E-state index in [1.165, 1.54) is 12.1 Å². The highest BCUT2D eigenvalue weighted by Gasteiger charge is 2.44. The van der Waals surface area contributed by atoms with Crippen LogP contribution in [0.15, 0.2) is 53.9 Å². The first kappa shape index (κ1) is 21.8. The average molecular weight is 467 g/mol. The third-order valence-electron chi connectivity index (χ3n) is 6.43. The van der Waals surface area contributed by atoms with Crippen molar-refractivity contribution in [3.05, 3.63) is 81.0 Å². The van der Waals surface area contributed by atoms with Crippen LogP contribution in [-0.4, -0.2) is 29.3 Å². The lowest BCUT2D eigenvalue weighted by molar-refractivity contribution is -0.138. The summed E-state index contributed by atoms with van der Waals surface area (Å²) in [5.41, 5.74) is 2.68. The van der Waals surface area contributed by atoms with Crippen molar-refractivity contribution in [2.75, 3.05) is 6.54 Å². The Morgan fingerprint density at radius 3 is 2.70 bits per heavy atom. The van der Waals surface area contributed by atoms with Crippen LogP contribution in [0.2, 0.25) is 0 Å². The second-order valence-corrected chi connectivity index (χ2v) is 9.73. The quantitative estimate of drug-likeness (QED) is 0.574. The monoisotopic (exact) mass is 466 g/mol. The van der Waals surface area contributed by atoms with E-state index in [1.807, 2.05) is 18.4 Å². The van der Waals surface area contributed by atoms with Crippen molar-refractivity contribution >= 4 is 23.2 Å². The molecule has 7 heteroatoms. The Hall–Kier alpha value is -3.06. The number of thiophene rings is 1. The van der Waals surface area contributed by atoms with E-state index in [9.17, 15) is 18.4 Å². The van der Waals surface area contributed by atoms with E-state index in [0.717, 1.165) is 16.9 Å². The summed E-state index contributed by atoms with van der Waals surface area (Å²) in [7, 11) is 0. The van der Waals surface area contributed by atoms with Crippen LogP contribution in [0.25, 0.3) is 11.1 Å². The number of halogens is 2. The summed E-state index contributed by atoms with van der Waals surface area (Å²) in [5, 5.41) is 4.97. The van der Waals surface area contributed by atoms with E-state index in [4.69, 9.17) is 0 Å². The van der Waals surface area contributed by atoms with Crippen molar-refractivity contribution in [2.45, 2.75) is 44.7 Å². The molecule has 1 fully saturated rings. The molecule has 0 saturated carbocycles. The second-order valence-electron chi connectivity index (χ2n) is 8.73. The molecule has 2 amide bonds. The number of fused-ring (bicyclic) bond motifs is 3. The van der Waals surface area contributed by atoms with Crippen molar-refractivity contribution < 1.29 is 18.4 Å². The summed E-state index contributed by atoms with van der Waals surface area (Å²) in [4.78, 5) is 28.5. The van der Waals surface area contributed by atoms with E-state index in [-0.39, 0.29) is 29.4 Å². The number of likely N-dealkylation sites (tertiary alicyclic amines) is 1. The lowest BCUT2D eigenvalue weighted by Gasteiger charge is -2.24. The fourth-order valence-electron chi connectivity index (χ4n) is 4.82. The van der Waals surface area contributed by atoms with Gasteiger partial charge in [0, 0.05) is 22.5 Å². The molecule has 4 nitrogen and oxygen atoms in total. The van der Waals surface area contributed by atoms with E-state index in [0.29, 0.717) is 36.2 Å². The maximum atomic E-state index is 15.0. The number of hydrogen-bond donors (Lipinski definition) is 1. The number of carbonyl (C=O) groups excluding carboxylic acids is 2. The topological polar surface area (TPSA) is 49.4 Å². The third-order valence-corrected chi connectivity index (χ3v) is 7.49. The molecule has 170 valence electrons. The van der Waals surface area contributed by atoms with Crippen molar-refractivity contribution in [3.8, 4) is 11.1 Å². The van der Waals surface area contributed by atoms with Gasteiger partial charge in [-0.25, -0.2) is 0 Å². The summed E-state index contributed by atoms with van der Waals surface area (Å²) in [6, 6.07) is 12.9. The van der Waals surface area contributed by atoms with Crippen LogP contribution in [0.4, 0.5) is 8.78 Å². The van der Waals surface area contributed by atoms with Gasteiger partial charge in [0.1, 0.15) is 6.04 Å². The van der Waals surface area contributed by atoms with Crippen LogP contribution >= 0.6 is 11.3 Å². The van der Waals surface area contributed by atoms with Crippen LogP contribution in [-0.2, 0) is 28.5 Å². The molecule has 3 aromatic rings. The molecule has 33 heavy (non-hydrogen) atoms. The number of benzene rings is 2. The van der Waals surface area contributed by atoms with E-state index in [1.54, 1.807) is 46.6 Å². The van der Waals surface area contributed by atoms with Gasteiger partial charge in [-0.2, -0.15) is 8.78 Å². The predicted octanol–water partition coefficient (Wildman–Crippen LogP) is 5.03. The molecule has 1 aliphatic carbocycles. The molecule has 1 unspecified atom stereocenters. The average Bonchev–Trinajstić information content (AvgIpc) is 3.51. The number of aryl methyl sites for hydroxylation is 1. The van der Waals surface area contributed by atoms with Crippen LogP contribution in [0.3, 0.4) is 0 Å². The fraction of sp³-hybridized carbons (Fsp3) is 0.308. The van der Waals surface area contributed by atoms with E-state index < -0.39 is 12.0 Å². The Bertz CT molecular complexity index is 1240. The van der Waals surface area contributed by atoms with Gasteiger partial charge in [-0.05, 0) is 59.5 Å². The molecule has 0 bridgehead atoms. The van der Waals surface area contributed by atoms with Gasteiger partial charge in [-0.15, -0.1) is 11.3 Å². The molecule has 0 spiro atoms. The van der Waals surface area contributed by atoms with E-state index in [2.05, 4.69) is 5.32 Å². The summed E-state index contributed by atoms with van der Waals surface area (Å²) in [6.45, 7) is 2.95. The molecule has 5 rings (SSSR count). The zero-order valence-corrected chi connectivity index (χ0v) is 19.1. The van der Waals surface area contributed by atoms with Crippen LogP contribution in [0.1, 0.15) is 40.0 Å². The third kappa shape index (κ3) is 3.95. The van der Waals surface area contributed by atoms with Crippen LogP contribution < -0.4 is 5.32 Å². The summed E-state index contributed by atoms with van der Waals surface area (Å²) in [5.74, 6) is -3.46. The number of rotatable bonds is 5. The van der Waals surface area contributed by atoms with Crippen molar-refractivity contribution in [1.29, 1.82) is 0 Å². The fourth-order valence-corrected chi connectivity index (χ4v) is 5.64. The highest BCUT2D eigenvalue weighted by molar-refractivity contribution is 7.10. The van der Waals surface area contributed by atoms with Gasteiger partial charge in [0.15, 0.2) is 0 Å². The van der Waals surface area contributed by atoms with Crippen LogP contribution in [0.5, 0.6) is 0 Å². The summed E-state index contributed by atoms with van der Waals surface area (Å²) >= 11 is 1.59. The Morgan fingerprint density at radius 1 is 1.12 bits per heavy atom. The number of carbonyl (C=O) groups is 2. The first-order valence-corrected chi connectivity index (χ1v) is 11.9. The lowest BCUT2D eigenvalue weighted by atomic mass is 10.0. The molecule has 2 aliphatic rings. The molecule has 1 aromatic heterocycles. The number of nitrogens with one attached hydrogen (secondary N) is 1. The summed E-state index contributed by atoms with van der Waals surface area (Å²) in [6.07, 6.45) is 1.35. The Morgan fingerprint density at radius 2 is 1.91 bits per heavy atom. The molecule has 0 radical (unpaired) electrons. The maximum absolute atomic E-state index is 15.0. The van der Waals surface area contributed by atoms with Gasteiger partial charge in [0.05, 0.1) is 13.0 Å². The van der Waals surface area contributed by atoms with Gasteiger partial charge in [-0.1, -0.05) is 36.4 Å². The number of amides is 2.